The average molecular weight is 177 g/mol. The van der Waals surface area contributed by atoms with E-state index in [2.05, 4.69) is 6.92 Å². The maximum absolute atomic E-state index is 9.26. The van der Waals surface area contributed by atoms with Crippen molar-refractivity contribution < 1.29 is 5.11 Å². The predicted molar refractivity (Wildman–Crippen MR) is 52.5 cm³/mol. The van der Waals surface area contributed by atoms with E-state index in [9.17, 15) is 5.11 Å². The fourth-order valence-electron chi connectivity index (χ4n) is 1.80. The molecule has 0 aliphatic heterocycles. The summed E-state index contributed by atoms with van der Waals surface area (Å²) in [6.07, 6.45) is 1.98. The van der Waals surface area contributed by atoms with Crippen molar-refractivity contribution in [1.29, 1.82) is 0 Å². The first-order valence-electron chi connectivity index (χ1n) is 4.67. The van der Waals surface area contributed by atoms with Crippen LogP contribution in [0, 0.1) is 5.92 Å². The maximum atomic E-state index is 9.26. The Balaban J connectivity index is 2.10. The van der Waals surface area contributed by atoms with Gasteiger partial charge >= 0.3 is 0 Å². The van der Waals surface area contributed by atoms with E-state index < -0.39 is 0 Å². The molecule has 13 heavy (non-hydrogen) atoms. The molecule has 1 fully saturated rings. The Bertz CT molecular complexity index is 324. The van der Waals surface area contributed by atoms with Crippen LogP contribution in [0.4, 0.5) is 0 Å². The van der Waals surface area contributed by atoms with Crippen LogP contribution in [0.25, 0.3) is 0 Å². The number of benzene rings is 1. The summed E-state index contributed by atoms with van der Waals surface area (Å²) in [5.74, 6) is 0.948. The van der Waals surface area contributed by atoms with Crippen LogP contribution in [0.3, 0.4) is 0 Å². The minimum Gasteiger partial charge on any atom is -0.508 e. The Kier molecular flexibility index (Phi) is 1.81. The Hall–Kier alpha value is -1.02. The summed E-state index contributed by atoms with van der Waals surface area (Å²) in [5, 5.41) is 9.26. The fraction of sp³-hybridized carbons (Fsp3) is 0.455. The summed E-state index contributed by atoms with van der Waals surface area (Å²) < 4.78 is 0. The second-order valence-corrected chi connectivity index (χ2v) is 4.19. The SMILES string of the molecule is CC1CC1(N)Cc1cccc(O)c1. The van der Waals surface area contributed by atoms with E-state index in [-0.39, 0.29) is 5.54 Å². The second-order valence-electron chi connectivity index (χ2n) is 4.19. The number of nitrogens with two attached hydrogens (primary N) is 1. The predicted octanol–water partition coefficient (Wildman–Crippen LogP) is 1.67. The maximum Gasteiger partial charge on any atom is 0.115 e. The standard InChI is InChI=1S/C11H15NO/c1-8-6-11(8,12)7-9-3-2-4-10(13)5-9/h2-5,8,13H,6-7,12H2,1H3. The molecule has 0 radical (unpaired) electrons. The molecule has 2 atom stereocenters. The molecule has 2 nitrogen and oxygen atoms in total. The number of aromatic hydroxyl groups is 1. The van der Waals surface area contributed by atoms with Crippen LogP contribution in [0.15, 0.2) is 24.3 Å². The van der Waals surface area contributed by atoms with E-state index in [1.807, 2.05) is 12.1 Å². The quantitative estimate of drug-likeness (QED) is 0.721. The summed E-state index contributed by atoms with van der Waals surface area (Å²) in [5.41, 5.74) is 7.22. The third-order valence-corrected chi connectivity index (χ3v) is 2.95. The highest BCUT2D eigenvalue weighted by Gasteiger charge is 2.47. The largest absolute Gasteiger partial charge is 0.508 e. The van der Waals surface area contributed by atoms with Gasteiger partial charge in [0.05, 0.1) is 0 Å². The van der Waals surface area contributed by atoms with E-state index in [1.165, 1.54) is 0 Å². The van der Waals surface area contributed by atoms with Gasteiger partial charge in [0.25, 0.3) is 0 Å². The molecule has 2 rings (SSSR count). The zero-order chi connectivity index (χ0) is 9.47. The molecule has 1 aliphatic carbocycles. The van der Waals surface area contributed by atoms with Crippen molar-refractivity contribution in [3.05, 3.63) is 29.8 Å². The van der Waals surface area contributed by atoms with Gasteiger partial charge in [-0.2, -0.15) is 0 Å². The van der Waals surface area contributed by atoms with E-state index in [1.54, 1.807) is 12.1 Å². The summed E-state index contributed by atoms with van der Waals surface area (Å²) in [6.45, 7) is 2.17. The molecule has 2 heteroatoms. The number of rotatable bonds is 2. The van der Waals surface area contributed by atoms with Crippen LogP contribution in [-0.4, -0.2) is 10.6 Å². The van der Waals surface area contributed by atoms with Crippen molar-refractivity contribution in [3.8, 4) is 5.75 Å². The Morgan fingerprint density at radius 3 is 2.85 bits per heavy atom. The molecule has 2 unspecified atom stereocenters. The van der Waals surface area contributed by atoms with Gasteiger partial charge in [0.2, 0.25) is 0 Å². The number of hydrogen-bond acceptors (Lipinski definition) is 2. The molecule has 1 aliphatic rings. The van der Waals surface area contributed by atoms with Crippen LogP contribution >= 0.6 is 0 Å². The van der Waals surface area contributed by atoms with Gasteiger partial charge in [0.15, 0.2) is 0 Å². The van der Waals surface area contributed by atoms with Gasteiger partial charge in [-0.25, -0.2) is 0 Å². The highest BCUT2D eigenvalue weighted by atomic mass is 16.3. The zero-order valence-electron chi connectivity index (χ0n) is 7.83. The topological polar surface area (TPSA) is 46.2 Å². The van der Waals surface area contributed by atoms with Crippen LogP contribution in [-0.2, 0) is 6.42 Å². The number of phenols is 1. The number of phenolic OH excluding ortho intramolecular Hbond substituents is 1. The van der Waals surface area contributed by atoms with Gasteiger partial charge in [0.1, 0.15) is 5.75 Å². The number of hydrogen-bond donors (Lipinski definition) is 2. The molecule has 1 saturated carbocycles. The zero-order valence-corrected chi connectivity index (χ0v) is 7.83. The average Bonchev–Trinajstić information content (AvgIpc) is 2.58. The van der Waals surface area contributed by atoms with Gasteiger partial charge in [-0.05, 0) is 36.5 Å². The van der Waals surface area contributed by atoms with Crippen molar-refractivity contribution >= 4 is 0 Å². The molecule has 3 N–H and O–H groups in total. The van der Waals surface area contributed by atoms with Crippen LogP contribution in [0.5, 0.6) is 5.75 Å². The van der Waals surface area contributed by atoms with Crippen molar-refractivity contribution in [3.63, 3.8) is 0 Å². The van der Waals surface area contributed by atoms with Gasteiger partial charge in [-0.15, -0.1) is 0 Å². The molecule has 1 aromatic rings. The summed E-state index contributed by atoms with van der Waals surface area (Å²) in [6, 6.07) is 7.35. The molecule has 0 amide bonds. The Morgan fingerprint density at radius 2 is 2.31 bits per heavy atom. The first-order valence-corrected chi connectivity index (χ1v) is 4.67. The molecular formula is C11H15NO. The molecule has 0 spiro atoms. The lowest BCUT2D eigenvalue weighted by Crippen LogP contribution is -2.27. The normalized spacial score (nSPS) is 31.7. The third kappa shape index (κ3) is 1.68. The summed E-state index contributed by atoms with van der Waals surface area (Å²) in [7, 11) is 0. The van der Waals surface area contributed by atoms with Gasteiger partial charge in [0, 0.05) is 5.54 Å². The van der Waals surface area contributed by atoms with Crippen molar-refractivity contribution in [2.75, 3.05) is 0 Å². The summed E-state index contributed by atoms with van der Waals surface area (Å²) in [4.78, 5) is 0. The van der Waals surface area contributed by atoms with Gasteiger partial charge < -0.3 is 10.8 Å². The van der Waals surface area contributed by atoms with Crippen molar-refractivity contribution in [1.82, 2.24) is 0 Å². The summed E-state index contributed by atoms with van der Waals surface area (Å²) >= 11 is 0. The smallest absolute Gasteiger partial charge is 0.115 e. The second kappa shape index (κ2) is 2.74. The molecule has 0 aromatic heterocycles. The highest BCUT2D eigenvalue weighted by molar-refractivity contribution is 5.30. The van der Waals surface area contributed by atoms with Crippen molar-refractivity contribution in [2.24, 2.45) is 11.7 Å². The van der Waals surface area contributed by atoms with E-state index in [4.69, 9.17) is 5.73 Å². The minimum absolute atomic E-state index is 0.00616. The molecule has 0 saturated heterocycles. The highest BCUT2D eigenvalue weighted by Crippen LogP contribution is 2.43. The lowest BCUT2D eigenvalue weighted by Gasteiger charge is -2.09. The van der Waals surface area contributed by atoms with E-state index in [0.29, 0.717) is 11.7 Å². The van der Waals surface area contributed by atoms with Crippen LogP contribution in [0.2, 0.25) is 0 Å². The first-order chi connectivity index (χ1) is 6.10. The monoisotopic (exact) mass is 177 g/mol. The van der Waals surface area contributed by atoms with Crippen LogP contribution < -0.4 is 5.73 Å². The Morgan fingerprint density at radius 1 is 1.62 bits per heavy atom. The minimum atomic E-state index is -0.00616. The lowest BCUT2D eigenvalue weighted by molar-refractivity contribution is 0.474. The first kappa shape index (κ1) is 8.57. The third-order valence-electron chi connectivity index (χ3n) is 2.95. The molecule has 1 aromatic carbocycles. The molecular weight excluding hydrogens is 162 g/mol. The molecule has 0 heterocycles. The van der Waals surface area contributed by atoms with Crippen molar-refractivity contribution in [2.45, 2.75) is 25.3 Å². The lowest BCUT2D eigenvalue weighted by atomic mass is 10.0. The van der Waals surface area contributed by atoms with Gasteiger partial charge in [-0.3, -0.25) is 0 Å². The fourth-order valence-corrected chi connectivity index (χ4v) is 1.80. The molecule has 70 valence electrons. The van der Waals surface area contributed by atoms with E-state index >= 15 is 0 Å². The Labute approximate surface area is 78.4 Å². The van der Waals surface area contributed by atoms with Crippen LogP contribution in [0.1, 0.15) is 18.9 Å². The van der Waals surface area contributed by atoms with E-state index in [0.717, 1.165) is 18.4 Å². The van der Waals surface area contributed by atoms with Gasteiger partial charge in [-0.1, -0.05) is 19.1 Å². The molecule has 0 bridgehead atoms.